The largest absolute Gasteiger partial charge is 0.383 e. The predicted octanol–water partition coefficient (Wildman–Crippen LogP) is 5.07. The molecule has 2 aromatic heterocycles. The van der Waals surface area contributed by atoms with E-state index in [1.165, 1.54) is 36.8 Å². The van der Waals surface area contributed by atoms with Crippen LogP contribution in [0, 0.1) is 5.82 Å². The SMILES string of the molecule is CC(C)n1cc(C(=O)c2cc(NS(=O)(=O)c3cc(Cl)cc(Cl)c3)ccc2F)c2c(N)ncnc21. The van der Waals surface area contributed by atoms with E-state index in [1.807, 2.05) is 13.8 Å². The van der Waals surface area contributed by atoms with Crippen LogP contribution in [0.2, 0.25) is 10.0 Å². The summed E-state index contributed by atoms with van der Waals surface area (Å²) in [5.74, 6) is -1.46. The normalized spacial score (nSPS) is 11.8. The van der Waals surface area contributed by atoms with Crippen LogP contribution in [-0.4, -0.2) is 28.7 Å². The van der Waals surface area contributed by atoms with E-state index in [-0.39, 0.29) is 43.6 Å². The average Bonchev–Trinajstić information content (AvgIpc) is 3.15. The third-order valence-corrected chi connectivity index (χ3v) is 6.85. The maximum absolute atomic E-state index is 14.7. The Morgan fingerprint density at radius 1 is 1.09 bits per heavy atom. The van der Waals surface area contributed by atoms with Gasteiger partial charge in [-0.05, 0) is 50.2 Å². The molecule has 0 aliphatic heterocycles. The van der Waals surface area contributed by atoms with Crippen LogP contribution in [0.25, 0.3) is 11.0 Å². The Morgan fingerprint density at radius 2 is 1.76 bits per heavy atom. The summed E-state index contributed by atoms with van der Waals surface area (Å²) in [5, 5.41) is 0.550. The summed E-state index contributed by atoms with van der Waals surface area (Å²) in [6, 6.07) is 7.07. The number of carbonyl (C=O) groups excluding carboxylic acids is 1. The van der Waals surface area contributed by atoms with Crippen molar-refractivity contribution in [3.05, 3.63) is 75.9 Å². The van der Waals surface area contributed by atoms with Crippen LogP contribution in [0.1, 0.15) is 35.8 Å². The highest BCUT2D eigenvalue weighted by Crippen LogP contribution is 2.30. The second kappa shape index (κ2) is 8.86. The lowest BCUT2D eigenvalue weighted by molar-refractivity contribution is 0.103. The Bertz CT molecular complexity index is 1530. The predicted molar refractivity (Wildman–Crippen MR) is 129 cm³/mol. The van der Waals surface area contributed by atoms with Crippen LogP contribution >= 0.6 is 23.2 Å². The molecule has 12 heteroatoms. The number of nitrogens with two attached hydrogens (primary N) is 1. The summed E-state index contributed by atoms with van der Waals surface area (Å²) in [6.45, 7) is 3.79. The molecule has 0 atom stereocenters. The van der Waals surface area contributed by atoms with Crippen LogP contribution in [0.3, 0.4) is 0 Å². The Morgan fingerprint density at radius 3 is 2.41 bits per heavy atom. The maximum atomic E-state index is 14.7. The summed E-state index contributed by atoms with van der Waals surface area (Å²) in [6.07, 6.45) is 2.82. The van der Waals surface area contributed by atoms with Crippen LogP contribution in [0.5, 0.6) is 0 Å². The van der Waals surface area contributed by atoms with E-state index < -0.39 is 21.6 Å². The highest BCUT2D eigenvalue weighted by Gasteiger charge is 2.24. The zero-order chi connectivity index (χ0) is 24.8. The van der Waals surface area contributed by atoms with Gasteiger partial charge in [-0.2, -0.15) is 0 Å². The number of nitrogens with zero attached hydrogens (tertiary/aromatic N) is 3. The van der Waals surface area contributed by atoms with Gasteiger partial charge in [0, 0.05) is 28.0 Å². The molecule has 0 fully saturated rings. The van der Waals surface area contributed by atoms with Gasteiger partial charge in [0.1, 0.15) is 23.6 Å². The molecule has 0 radical (unpaired) electrons. The second-order valence-electron chi connectivity index (χ2n) is 7.74. The first-order valence-electron chi connectivity index (χ1n) is 9.92. The minimum Gasteiger partial charge on any atom is -0.383 e. The Labute approximate surface area is 204 Å². The van der Waals surface area contributed by atoms with E-state index in [4.69, 9.17) is 28.9 Å². The zero-order valence-electron chi connectivity index (χ0n) is 17.9. The van der Waals surface area contributed by atoms with E-state index >= 15 is 0 Å². The number of rotatable bonds is 6. The molecule has 4 aromatic rings. The number of halogens is 3. The van der Waals surface area contributed by atoms with Crippen molar-refractivity contribution >= 4 is 61.5 Å². The molecule has 0 spiro atoms. The molecule has 0 saturated heterocycles. The fraction of sp³-hybridized carbons (Fsp3) is 0.136. The molecule has 2 heterocycles. The highest BCUT2D eigenvalue weighted by atomic mass is 35.5. The maximum Gasteiger partial charge on any atom is 0.261 e. The zero-order valence-corrected chi connectivity index (χ0v) is 20.2. The quantitative estimate of drug-likeness (QED) is 0.341. The van der Waals surface area contributed by atoms with Crippen molar-refractivity contribution in [3.8, 4) is 0 Å². The van der Waals surface area contributed by atoms with Crippen LogP contribution in [0.15, 0.2) is 53.8 Å². The number of benzene rings is 2. The summed E-state index contributed by atoms with van der Waals surface area (Å²) < 4.78 is 44.4. The monoisotopic (exact) mass is 521 g/mol. The number of aromatic nitrogens is 3. The first kappa shape index (κ1) is 23.9. The molecule has 0 aliphatic rings. The molecule has 3 N–H and O–H groups in total. The second-order valence-corrected chi connectivity index (χ2v) is 10.3. The number of sulfonamides is 1. The van der Waals surface area contributed by atoms with Gasteiger partial charge in [-0.3, -0.25) is 9.52 Å². The van der Waals surface area contributed by atoms with Gasteiger partial charge < -0.3 is 10.3 Å². The lowest BCUT2D eigenvalue weighted by Gasteiger charge is -2.11. The summed E-state index contributed by atoms with van der Waals surface area (Å²) >= 11 is 11.8. The minimum atomic E-state index is -4.12. The summed E-state index contributed by atoms with van der Waals surface area (Å²) in [4.78, 5) is 21.3. The van der Waals surface area contributed by atoms with Crippen molar-refractivity contribution in [2.24, 2.45) is 0 Å². The number of fused-ring (bicyclic) bond motifs is 1. The van der Waals surface area contributed by atoms with Gasteiger partial charge in [0.25, 0.3) is 10.0 Å². The fourth-order valence-corrected chi connectivity index (χ4v) is 5.25. The third kappa shape index (κ3) is 4.44. The van der Waals surface area contributed by atoms with Crippen LogP contribution < -0.4 is 10.5 Å². The molecule has 8 nitrogen and oxygen atoms in total. The van der Waals surface area contributed by atoms with Gasteiger partial charge >= 0.3 is 0 Å². The Kier molecular flexibility index (Phi) is 6.24. The molecule has 0 unspecified atom stereocenters. The molecular formula is C22H18Cl2FN5O3S. The average molecular weight is 522 g/mol. The van der Waals surface area contributed by atoms with E-state index in [0.29, 0.717) is 11.0 Å². The van der Waals surface area contributed by atoms with Crippen molar-refractivity contribution in [1.29, 1.82) is 0 Å². The topological polar surface area (TPSA) is 120 Å². The minimum absolute atomic E-state index is 0.0299. The standard InChI is InChI=1S/C22H18Cl2FN5O3S/c1-11(2)30-9-17(19-21(26)27-10-28-22(19)30)20(31)16-8-14(3-4-18(16)25)29-34(32,33)15-6-12(23)5-13(24)7-15/h3-11,29H,1-2H3,(H2,26,27,28). The van der Waals surface area contributed by atoms with Crippen molar-refractivity contribution in [3.63, 3.8) is 0 Å². The molecule has 0 aliphatic carbocycles. The van der Waals surface area contributed by atoms with Gasteiger partial charge in [-0.25, -0.2) is 22.8 Å². The highest BCUT2D eigenvalue weighted by molar-refractivity contribution is 7.92. The van der Waals surface area contributed by atoms with Gasteiger partial charge in [0.05, 0.1) is 21.4 Å². The van der Waals surface area contributed by atoms with Crippen LogP contribution in [-0.2, 0) is 10.0 Å². The Hall–Kier alpha value is -3.21. The van der Waals surface area contributed by atoms with E-state index in [9.17, 15) is 17.6 Å². The molecule has 176 valence electrons. The summed E-state index contributed by atoms with van der Waals surface area (Å²) in [7, 11) is -4.12. The number of nitrogen functional groups attached to an aromatic ring is 1. The van der Waals surface area contributed by atoms with Gasteiger partial charge in [-0.1, -0.05) is 23.2 Å². The summed E-state index contributed by atoms with van der Waals surface area (Å²) in [5.41, 5.74) is 6.15. The first-order valence-corrected chi connectivity index (χ1v) is 12.2. The number of hydrogen-bond acceptors (Lipinski definition) is 6. The fourth-order valence-electron chi connectivity index (χ4n) is 3.48. The third-order valence-electron chi connectivity index (χ3n) is 5.05. The molecule has 2 aromatic carbocycles. The number of carbonyl (C=O) groups is 1. The molecule has 4 rings (SSSR count). The molecular weight excluding hydrogens is 504 g/mol. The molecule has 0 saturated carbocycles. The molecule has 34 heavy (non-hydrogen) atoms. The van der Waals surface area contributed by atoms with Crippen LogP contribution in [0.4, 0.5) is 15.9 Å². The van der Waals surface area contributed by atoms with Gasteiger partial charge in [0.15, 0.2) is 5.78 Å². The Balaban J connectivity index is 1.77. The smallest absolute Gasteiger partial charge is 0.261 e. The lowest BCUT2D eigenvalue weighted by Crippen LogP contribution is -2.14. The molecule has 0 bridgehead atoms. The number of ketones is 1. The van der Waals surface area contributed by atoms with E-state index in [0.717, 1.165) is 12.1 Å². The molecule has 0 amide bonds. The first-order chi connectivity index (χ1) is 16.0. The van der Waals surface area contributed by atoms with Crippen molar-refractivity contribution in [2.45, 2.75) is 24.8 Å². The van der Waals surface area contributed by atoms with E-state index in [2.05, 4.69) is 14.7 Å². The number of hydrogen-bond donors (Lipinski definition) is 2. The van der Waals surface area contributed by atoms with Gasteiger partial charge in [0.2, 0.25) is 0 Å². The van der Waals surface area contributed by atoms with Gasteiger partial charge in [-0.15, -0.1) is 0 Å². The van der Waals surface area contributed by atoms with Crippen molar-refractivity contribution in [1.82, 2.24) is 14.5 Å². The van der Waals surface area contributed by atoms with E-state index in [1.54, 1.807) is 4.57 Å². The number of nitrogens with one attached hydrogen (secondary N) is 1. The van der Waals surface area contributed by atoms with Crippen molar-refractivity contribution in [2.75, 3.05) is 10.5 Å². The van der Waals surface area contributed by atoms with Crippen molar-refractivity contribution < 1.29 is 17.6 Å². The number of anilines is 2. The lowest BCUT2D eigenvalue weighted by atomic mass is 10.0.